The number of aromatic amines is 1. The zero-order valence-electron chi connectivity index (χ0n) is 15.3. The van der Waals surface area contributed by atoms with Gasteiger partial charge < -0.3 is 0 Å². The zero-order valence-corrected chi connectivity index (χ0v) is 16.1. The monoisotopic (exact) mass is 426 g/mol. The SMILES string of the molecule is FC(F)(F)c1cccc(CSc2ncc3ncn(-c4ccc5cn[nH]c5c4)c3n2)c1. The number of benzene rings is 2. The Hall–Kier alpha value is -3.40. The van der Waals surface area contributed by atoms with Crippen LogP contribution in [0.25, 0.3) is 27.8 Å². The minimum absolute atomic E-state index is 0.323. The van der Waals surface area contributed by atoms with E-state index in [1.165, 1.54) is 17.8 Å². The highest BCUT2D eigenvalue weighted by molar-refractivity contribution is 7.98. The van der Waals surface area contributed by atoms with Crippen LogP contribution >= 0.6 is 11.8 Å². The van der Waals surface area contributed by atoms with Crippen LogP contribution < -0.4 is 0 Å². The molecule has 3 aromatic heterocycles. The molecule has 0 spiro atoms. The van der Waals surface area contributed by atoms with Crippen molar-refractivity contribution >= 4 is 33.8 Å². The number of rotatable bonds is 4. The van der Waals surface area contributed by atoms with E-state index in [1.807, 2.05) is 22.8 Å². The summed E-state index contributed by atoms with van der Waals surface area (Å²) in [4.78, 5) is 13.2. The van der Waals surface area contributed by atoms with Gasteiger partial charge in [0.1, 0.15) is 11.8 Å². The van der Waals surface area contributed by atoms with Gasteiger partial charge in [-0.25, -0.2) is 15.0 Å². The molecule has 0 aliphatic carbocycles. The van der Waals surface area contributed by atoms with Crippen molar-refractivity contribution in [1.82, 2.24) is 29.7 Å². The third-order valence-electron chi connectivity index (χ3n) is 4.59. The molecule has 0 unspecified atom stereocenters. The van der Waals surface area contributed by atoms with Crippen molar-refractivity contribution in [2.75, 3.05) is 0 Å². The number of fused-ring (bicyclic) bond motifs is 2. The van der Waals surface area contributed by atoms with E-state index in [9.17, 15) is 13.2 Å². The number of aromatic nitrogens is 6. The summed E-state index contributed by atoms with van der Waals surface area (Å²) in [6.45, 7) is 0. The Morgan fingerprint density at radius 2 is 1.93 bits per heavy atom. The predicted octanol–water partition coefficient (Wildman–Crippen LogP) is 5.00. The number of thioether (sulfide) groups is 1. The van der Waals surface area contributed by atoms with Crippen LogP contribution in [0.15, 0.2) is 66.3 Å². The van der Waals surface area contributed by atoms with Gasteiger partial charge in [-0.05, 0) is 29.8 Å². The fourth-order valence-electron chi connectivity index (χ4n) is 3.11. The first-order chi connectivity index (χ1) is 14.5. The lowest BCUT2D eigenvalue weighted by Gasteiger charge is -2.08. The fraction of sp³-hybridized carbons (Fsp3) is 0.100. The summed E-state index contributed by atoms with van der Waals surface area (Å²) < 4.78 is 40.6. The Morgan fingerprint density at radius 3 is 2.80 bits per heavy atom. The molecule has 0 atom stereocenters. The molecule has 2 aromatic carbocycles. The van der Waals surface area contributed by atoms with Crippen molar-refractivity contribution in [3.63, 3.8) is 0 Å². The summed E-state index contributed by atoms with van der Waals surface area (Å²) in [5, 5.41) is 8.42. The average molecular weight is 426 g/mol. The number of alkyl halides is 3. The van der Waals surface area contributed by atoms with Gasteiger partial charge in [-0.15, -0.1) is 0 Å². The van der Waals surface area contributed by atoms with Crippen LogP contribution in [-0.2, 0) is 11.9 Å². The Bertz CT molecular complexity index is 1360. The summed E-state index contributed by atoms with van der Waals surface area (Å²) in [6.07, 6.45) is 0.661. The highest BCUT2D eigenvalue weighted by Gasteiger charge is 2.30. The lowest BCUT2D eigenvalue weighted by Crippen LogP contribution is -2.05. The molecule has 0 fully saturated rings. The molecule has 0 amide bonds. The number of halogens is 3. The Kier molecular flexibility index (Phi) is 4.43. The molecular weight excluding hydrogens is 413 g/mol. The minimum Gasteiger partial charge on any atom is -0.283 e. The smallest absolute Gasteiger partial charge is 0.283 e. The third kappa shape index (κ3) is 3.50. The van der Waals surface area contributed by atoms with E-state index in [4.69, 9.17) is 0 Å². The molecule has 0 saturated heterocycles. The van der Waals surface area contributed by atoms with E-state index < -0.39 is 11.7 Å². The molecule has 0 bridgehead atoms. The Morgan fingerprint density at radius 1 is 1.03 bits per heavy atom. The summed E-state index contributed by atoms with van der Waals surface area (Å²) >= 11 is 1.27. The average Bonchev–Trinajstić information content (AvgIpc) is 3.37. The minimum atomic E-state index is -4.36. The number of hydrogen-bond donors (Lipinski definition) is 1. The largest absolute Gasteiger partial charge is 0.416 e. The molecular formula is C20H13F3N6S. The molecule has 5 rings (SSSR count). The van der Waals surface area contributed by atoms with E-state index >= 15 is 0 Å². The maximum Gasteiger partial charge on any atom is 0.416 e. The molecule has 0 aliphatic heterocycles. The maximum absolute atomic E-state index is 12.9. The summed E-state index contributed by atoms with van der Waals surface area (Å²) in [7, 11) is 0. The van der Waals surface area contributed by atoms with Crippen molar-refractivity contribution in [2.45, 2.75) is 17.1 Å². The highest BCUT2D eigenvalue weighted by atomic mass is 32.2. The quantitative estimate of drug-likeness (QED) is 0.323. The highest BCUT2D eigenvalue weighted by Crippen LogP contribution is 2.31. The van der Waals surface area contributed by atoms with Crippen LogP contribution in [0.5, 0.6) is 0 Å². The first-order valence-electron chi connectivity index (χ1n) is 8.90. The van der Waals surface area contributed by atoms with Crippen molar-refractivity contribution in [3.8, 4) is 5.69 Å². The second-order valence-corrected chi connectivity index (χ2v) is 7.55. The number of nitrogens with zero attached hydrogens (tertiary/aromatic N) is 5. The van der Waals surface area contributed by atoms with E-state index in [2.05, 4.69) is 25.1 Å². The van der Waals surface area contributed by atoms with Gasteiger partial charge in [0, 0.05) is 11.1 Å². The summed E-state index contributed by atoms with van der Waals surface area (Å²) in [5.41, 5.74) is 2.89. The molecule has 3 heterocycles. The Labute approximate surface area is 172 Å². The van der Waals surface area contributed by atoms with E-state index in [0.29, 0.717) is 27.6 Å². The summed E-state index contributed by atoms with van der Waals surface area (Å²) in [6, 6.07) is 11.1. The standard InChI is InChI=1S/C20H13F3N6S/c21-20(22,23)14-3-1-2-12(6-14)10-30-19-24-9-17-18(27-19)29(11-25-17)15-5-4-13-8-26-28-16(13)7-15/h1-9,11H,10H2,(H,26,28). The second-order valence-electron chi connectivity index (χ2n) is 6.60. The number of nitrogens with one attached hydrogen (secondary N) is 1. The van der Waals surface area contributed by atoms with Crippen LogP contribution in [0, 0.1) is 0 Å². The van der Waals surface area contributed by atoms with Crippen molar-refractivity contribution in [1.29, 1.82) is 0 Å². The number of H-pyrrole nitrogens is 1. The molecule has 0 radical (unpaired) electrons. The topological polar surface area (TPSA) is 72.3 Å². The van der Waals surface area contributed by atoms with Crippen LogP contribution in [0.2, 0.25) is 0 Å². The number of imidazole rings is 1. The second kappa shape index (κ2) is 7.13. The molecule has 30 heavy (non-hydrogen) atoms. The van der Waals surface area contributed by atoms with Gasteiger partial charge in [-0.1, -0.05) is 30.0 Å². The van der Waals surface area contributed by atoms with Gasteiger partial charge in [0.25, 0.3) is 0 Å². The lowest BCUT2D eigenvalue weighted by atomic mass is 10.1. The molecule has 10 heteroatoms. The van der Waals surface area contributed by atoms with Crippen LogP contribution in [0.4, 0.5) is 13.2 Å². The maximum atomic E-state index is 12.9. The summed E-state index contributed by atoms with van der Waals surface area (Å²) in [5.74, 6) is 0.323. The van der Waals surface area contributed by atoms with Gasteiger partial charge >= 0.3 is 6.18 Å². The molecule has 1 N–H and O–H groups in total. The normalized spacial score (nSPS) is 12.1. The van der Waals surface area contributed by atoms with Crippen LogP contribution in [0.1, 0.15) is 11.1 Å². The van der Waals surface area contributed by atoms with E-state index in [-0.39, 0.29) is 0 Å². The molecule has 0 aliphatic rings. The van der Waals surface area contributed by atoms with Crippen molar-refractivity contribution in [3.05, 3.63) is 72.3 Å². The molecule has 5 aromatic rings. The third-order valence-corrected chi connectivity index (χ3v) is 5.53. The van der Waals surface area contributed by atoms with E-state index in [1.54, 1.807) is 24.8 Å². The van der Waals surface area contributed by atoms with Crippen LogP contribution in [-0.4, -0.2) is 29.7 Å². The van der Waals surface area contributed by atoms with Gasteiger partial charge in [0.2, 0.25) is 0 Å². The predicted molar refractivity (Wildman–Crippen MR) is 107 cm³/mol. The first kappa shape index (κ1) is 18.6. The van der Waals surface area contributed by atoms with Gasteiger partial charge in [0.15, 0.2) is 10.8 Å². The molecule has 150 valence electrons. The first-order valence-corrected chi connectivity index (χ1v) is 9.88. The fourth-order valence-corrected chi connectivity index (χ4v) is 3.87. The zero-order chi connectivity index (χ0) is 20.7. The lowest BCUT2D eigenvalue weighted by molar-refractivity contribution is -0.137. The van der Waals surface area contributed by atoms with Gasteiger partial charge in [-0.2, -0.15) is 18.3 Å². The molecule has 0 saturated carbocycles. The van der Waals surface area contributed by atoms with Crippen LogP contribution in [0.3, 0.4) is 0 Å². The Balaban J connectivity index is 1.43. The van der Waals surface area contributed by atoms with Gasteiger partial charge in [0.05, 0.1) is 29.2 Å². The van der Waals surface area contributed by atoms with Gasteiger partial charge in [-0.3, -0.25) is 9.67 Å². The van der Waals surface area contributed by atoms with Crippen molar-refractivity contribution < 1.29 is 13.2 Å². The molecule has 6 nitrogen and oxygen atoms in total. The van der Waals surface area contributed by atoms with E-state index in [0.717, 1.165) is 28.7 Å². The van der Waals surface area contributed by atoms with Crippen molar-refractivity contribution in [2.24, 2.45) is 0 Å². The number of hydrogen-bond acceptors (Lipinski definition) is 5.